The Morgan fingerprint density at radius 2 is 1.71 bits per heavy atom. The normalized spacial score (nSPS) is 11.2. The van der Waals surface area contributed by atoms with Crippen molar-refractivity contribution < 1.29 is 19.4 Å². The highest BCUT2D eigenvalue weighted by Gasteiger charge is 2.26. The van der Waals surface area contributed by atoms with E-state index in [4.69, 9.17) is 15.1 Å². The minimum absolute atomic E-state index is 0.290. The molecule has 2 aromatic carbocycles. The fraction of sp³-hybridized carbons (Fsp3) is 0.0625. The summed E-state index contributed by atoms with van der Waals surface area (Å²) in [7, 11) is 0. The lowest BCUT2D eigenvalue weighted by Crippen LogP contribution is -2.20. The molecule has 0 aliphatic rings. The van der Waals surface area contributed by atoms with Gasteiger partial charge in [0.25, 0.3) is 5.78 Å². The molecule has 1 unspecified atom stereocenters. The number of carboxylic acid groups (broad SMARTS) is 1. The van der Waals surface area contributed by atoms with Crippen LogP contribution in [0.2, 0.25) is 0 Å². The molecule has 0 fully saturated rings. The predicted octanol–water partition coefficient (Wildman–Crippen LogP) is 2.74. The number of nitrogens with zero attached hydrogens (tertiary/aromatic N) is 1. The molecular formula is C16H11NO4. The lowest BCUT2D eigenvalue weighted by molar-refractivity contribution is -0.149. The van der Waals surface area contributed by atoms with Crippen molar-refractivity contribution in [2.45, 2.75) is 5.92 Å². The molecule has 0 heterocycles. The van der Waals surface area contributed by atoms with E-state index < -0.39 is 17.7 Å². The molecule has 0 aliphatic heterocycles. The lowest BCUT2D eigenvalue weighted by Gasteiger charge is -2.09. The molecule has 0 aliphatic carbocycles. The molecule has 0 bridgehead atoms. The van der Waals surface area contributed by atoms with Crippen LogP contribution in [0.25, 0.3) is 0 Å². The molecule has 0 amide bonds. The smallest absolute Gasteiger partial charge is 0.373 e. The zero-order chi connectivity index (χ0) is 15.2. The van der Waals surface area contributed by atoms with Crippen LogP contribution in [-0.4, -0.2) is 16.9 Å². The van der Waals surface area contributed by atoms with Crippen LogP contribution in [0.1, 0.15) is 11.5 Å². The summed E-state index contributed by atoms with van der Waals surface area (Å²) in [4.78, 5) is 22.2. The quantitative estimate of drug-likeness (QED) is 0.851. The van der Waals surface area contributed by atoms with Crippen LogP contribution in [0.3, 0.4) is 0 Å². The Bertz CT molecular complexity index is 704. The van der Waals surface area contributed by atoms with Gasteiger partial charge < -0.3 is 9.84 Å². The van der Waals surface area contributed by atoms with Gasteiger partial charge in [0, 0.05) is 0 Å². The van der Waals surface area contributed by atoms with Crippen molar-refractivity contribution in [3.63, 3.8) is 0 Å². The molecule has 5 nitrogen and oxygen atoms in total. The number of rotatable bonds is 5. The molecule has 2 rings (SSSR count). The second-order valence-corrected chi connectivity index (χ2v) is 4.22. The summed E-state index contributed by atoms with van der Waals surface area (Å²) in [5.41, 5.74) is 0.290. The molecule has 2 aromatic rings. The summed E-state index contributed by atoms with van der Waals surface area (Å²) >= 11 is 0. The number of carboxylic acids is 1. The Kier molecular flexibility index (Phi) is 4.32. The van der Waals surface area contributed by atoms with Crippen molar-refractivity contribution >= 4 is 11.8 Å². The Hall–Kier alpha value is -3.13. The first-order valence-corrected chi connectivity index (χ1v) is 6.11. The van der Waals surface area contributed by atoms with Crippen LogP contribution in [0.15, 0.2) is 54.6 Å². The first-order chi connectivity index (χ1) is 10.1. The number of para-hydroxylation sites is 1. The van der Waals surface area contributed by atoms with Gasteiger partial charge in [-0.05, 0) is 29.8 Å². The van der Waals surface area contributed by atoms with E-state index in [1.165, 1.54) is 12.1 Å². The third-order valence-electron chi connectivity index (χ3n) is 2.77. The van der Waals surface area contributed by atoms with Crippen molar-refractivity contribution in [1.29, 1.82) is 5.26 Å². The number of hydrogen-bond donors (Lipinski definition) is 1. The Morgan fingerprint density at radius 3 is 2.33 bits per heavy atom. The fourth-order valence-electron chi connectivity index (χ4n) is 1.79. The van der Waals surface area contributed by atoms with E-state index >= 15 is 0 Å². The van der Waals surface area contributed by atoms with Gasteiger partial charge in [-0.3, -0.25) is 4.79 Å². The van der Waals surface area contributed by atoms with E-state index in [9.17, 15) is 9.59 Å². The first-order valence-electron chi connectivity index (χ1n) is 6.11. The van der Waals surface area contributed by atoms with Crippen molar-refractivity contribution in [1.82, 2.24) is 0 Å². The molecule has 104 valence electrons. The van der Waals surface area contributed by atoms with Gasteiger partial charge in [-0.25, -0.2) is 4.79 Å². The van der Waals surface area contributed by atoms with Crippen LogP contribution in [0.5, 0.6) is 11.5 Å². The van der Waals surface area contributed by atoms with Gasteiger partial charge in [0.1, 0.15) is 17.4 Å². The van der Waals surface area contributed by atoms with Gasteiger partial charge in [-0.15, -0.1) is 0 Å². The molecule has 0 radical (unpaired) electrons. The van der Waals surface area contributed by atoms with E-state index in [1.54, 1.807) is 30.3 Å². The molecule has 21 heavy (non-hydrogen) atoms. The molecule has 5 heteroatoms. The monoisotopic (exact) mass is 281 g/mol. The highest BCUT2D eigenvalue weighted by molar-refractivity contribution is 6.35. The largest absolute Gasteiger partial charge is 0.475 e. The zero-order valence-electron chi connectivity index (χ0n) is 10.9. The van der Waals surface area contributed by atoms with Gasteiger partial charge in [0.05, 0.1) is 6.07 Å². The molecule has 0 saturated carbocycles. The predicted molar refractivity (Wildman–Crippen MR) is 74.0 cm³/mol. The van der Waals surface area contributed by atoms with Gasteiger partial charge in [-0.1, -0.05) is 30.3 Å². The van der Waals surface area contributed by atoms with Crippen LogP contribution in [-0.2, 0) is 9.59 Å². The summed E-state index contributed by atoms with van der Waals surface area (Å²) < 4.78 is 5.59. The number of nitriles is 1. The van der Waals surface area contributed by atoms with Crippen molar-refractivity contribution in [3.05, 3.63) is 60.2 Å². The average molecular weight is 281 g/mol. The summed E-state index contributed by atoms with van der Waals surface area (Å²) in [6.07, 6.45) is 0. The van der Waals surface area contributed by atoms with Crippen molar-refractivity contribution in [2.75, 3.05) is 0 Å². The molecule has 0 spiro atoms. The average Bonchev–Trinajstić information content (AvgIpc) is 2.49. The minimum atomic E-state index is -1.63. The molecule has 1 atom stereocenters. The number of Topliss-reactive ketones (excluding diaryl/α,β-unsaturated/α-hetero) is 1. The van der Waals surface area contributed by atoms with Gasteiger partial charge in [0.15, 0.2) is 0 Å². The third kappa shape index (κ3) is 3.45. The Labute approximate surface area is 121 Å². The summed E-state index contributed by atoms with van der Waals surface area (Å²) in [6, 6.07) is 17.0. The highest BCUT2D eigenvalue weighted by atomic mass is 16.5. The van der Waals surface area contributed by atoms with Crippen LogP contribution in [0, 0.1) is 11.3 Å². The molecular weight excluding hydrogens is 270 g/mol. The maximum absolute atomic E-state index is 11.5. The van der Waals surface area contributed by atoms with Crippen molar-refractivity contribution in [2.24, 2.45) is 0 Å². The van der Waals surface area contributed by atoms with Crippen LogP contribution in [0.4, 0.5) is 0 Å². The number of carbonyl (C=O) groups excluding carboxylic acids is 1. The summed E-state index contributed by atoms with van der Waals surface area (Å²) in [6.45, 7) is 0. The summed E-state index contributed by atoms with van der Waals surface area (Å²) in [5, 5.41) is 17.7. The second-order valence-electron chi connectivity index (χ2n) is 4.22. The maximum atomic E-state index is 11.5. The number of hydrogen-bond acceptors (Lipinski definition) is 4. The van der Waals surface area contributed by atoms with Crippen LogP contribution >= 0.6 is 0 Å². The fourth-order valence-corrected chi connectivity index (χ4v) is 1.79. The standard InChI is InChI=1S/C16H11NO4/c17-10-14(15(18)16(19)20)11-5-4-8-13(9-11)21-12-6-2-1-3-7-12/h1-9,14H,(H,19,20). The Morgan fingerprint density at radius 1 is 1.05 bits per heavy atom. The number of carbonyl (C=O) groups is 2. The lowest BCUT2D eigenvalue weighted by atomic mass is 9.96. The number of ether oxygens (including phenoxy) is 1. The summed E-state index contributed by atoms with van der Waals surface area (Å²) in [5.74, 6) is -3.10. The molecule has 1 N–H and O–H groups in total. The van der Waals surface area contributed by atoms with Crippen molar-refractivity contribution in [3.8, 4) is 17.6 Å². The van der Waals surface area contributed by atoms with E-state index in [0.29, 0.717) is 17.1 Å². The molecule has 0 saturated heterocycles. The number of ketones is 1. The third-order valence-corrected chi connectivity index (χ3v) is 2.77. The number of aliphatic carboxylic acids is 1. The van der Waals surface area contributed by atoms with E-state index in [0.717, 1.165) is 0 Å². The van der Waals surface area contributed by atoms with Gasteiger partial charge in [0.2, 0.25) is 0 Å². The number of benzene rings is 2. The second kappa shape index (κ2) is 6.35. The van der Waals surface area contributed by atoms with Gasteiger partial charge in [-0.2, -0.15) is 5.26 Å². The van der Waals surface area contributed by atoms with E-state index in [1.807, 2.05) is 18.2 Å². The maximum Gasteiger partial charge on any atom is 0.373 e. The van der Waals surface area contributed by atoms with E-state index in [2.05, 4.69) is 0 Å². The van der Waals surface area contributed by atoms with Gasteiger partial charge >= 0.3 is 5.97 Å². The highest BCUT2D eigenvalue weighted by Crippen LogP contribution is 2.25. The SMILES string of the molecule is N#CC(C(=O)C(=O)O)c1cccc(Oc2ccccc2)c1. The topological polar surface area (TPSA) is 87.4 Å². The minimum Gasteiger partial charge on any atom is -0.475 e. The first kappa shape index (κ1) is 14.3. The molecule has 0 aromatic heterocycles. The Balaban J connectivity index is 2.27. The zero-order valence-corrected chi connectivity index (χ0v) is 10.9. The van der Waals surface area contributed by atoms with E-state index in [-0.39, 0.29) is 0 Å². The van der Waals surface area contributed by atoms with Crippen LogP contribution < -0.4 is 4.74 Å².